The number of carboxylic acids is 1. The highest BCUT2D eigenvalue weighted by Crippen LogP contribution is 2.31. The Bertz CT molecular complexity index is 421. The van der Waals surface area contributed by atoms with Gasteiger partial charge in [0.1, 0.15) is 6.54 Å². The number of carbonyl (C=O) groups excluding carboxylic acids is 1. The van der Waals surface area contributed by atoms with Crippen LogP contribution in [0.15, 0.2) is 30.3 Å². The standard InChI is InChI=1S/C12H13NO3S/c14-10-6-11(13(10)7-12(15)16)17-8-9-4-2-1-3-5-9/h1-5,11H,6-8H2,(H,15,16)/t11-/m0/s1. The van der Waals surface area contributed by atoms with Crippen LogP contribution in [0.25, 0.3) is 0 Å². The Morgan fingerprint density at radius 1 is 1.41 bits per heavy atom. The molecule has 0 radical (unpaired) electrons. The van der Waals surface area contributed by atoms with Gasteiger partial charge in [-0.05, 0) is 5.56 Å². The molecule has 1 amide bonds. The van der Waals surface area contributed by atoms with E-state index in [4.69, 9.17) is 5.11 Å². The molecule has 1 aliphatic rings. The fraction of sp³-hybridized carbons (Fsp3) is 0.333. The molecule has 1 atom stereocenters. The van der Waals surface area contributed by atoms with Crippen LogP contribution in [0, 0.1) is 0 Å². The van der Waals surface area contributed by atoms with Gasteiger partial charge in [-0.15, -0.1) is 11.8 Å². The number of nitrogens with zero attached hydrogens (tertiary/aromatic N) is 1. The number of carboxylic acid groups (broad SMARTS) is 1. The maximum Gasteiger partial charge on any atom is 0.323 e. The quantitative estimate of drug-likeness (QED) is 0.807. The second kappa shape index (κ2) is 5.23. The number of hydrogen-bond donors (Lipinski definition) is 1. The molecule has 90 valence electrons. The fourth-order valence-electron chi connectivity index (χ4n) is 1.68. The van der Waals surface area contributed by atoms with Crippen molar-refractivity contribution in [3.8, 4) is 0 Å². The summed E-state index contributed by atoms with van der Waals surface area (Å²) in [7, 11) is 0. The van der Waals surface area contributed by atoms with E-state index >= 15 is 0 Å². The van der Waals surface area contributed by atoms with Crippen LogP contribution in [0.3, 0.4) is 0 Å². The lowest BCUT2D eigenvalue weighted by Gasteiger charge is -2.38. The van der Waals surface area contributed by atoms with E-state index in [1.165, 1.54) is 10.5 Å². The van der Waals surface area contributed by atoms with Crippen molar-refractivity contribution < 1.29 is 14.7 Å². The normalized spacial score (nSPS) is 18.9. The number of rotatable bonds is 5. The second-order valence-electron chi connectivity index (χ2n) is 3.87. The zero-order valence-electron chi connectivity index (χ0n) is 9.20. The predicted molar refractivity (Wildman–Crippen MR) is 65.5 cm³/mol. The molecular formula is C12H13NO3S. The van der Waals surface area contributed by atoms with Crippen molar-refractivity contribution in [3.05, 3.63) is 35.9 Å². The van der Waals surface area contributed by atoms with E-state index in [-0.39, 0.29) is 17.8 Å². The maximum atomic E-state index is 11.2. The number of thioether (sulfide) groups is 1. The van der Waals surface area contributed by atoms with Crippen LogP contribution in [-0.4, -0.2) is 33.8 Å². The number of hydrogen-bond acceptors (Lipinski definition) is 3. The van der Waals surface area contributed by atoms with Gasteiger partial charge in [-0.2, -0.15) is 0 Å². The zero-order chi connectivity index (χ0) is 12.3. The molecule has 1 fully saturated rings. The Morgan fingerprint density at radius 3 is 2.71 bits per heavy atom. The topological polar surface area (TPSA) is 57.6 Å². The number of aliphatic carboxylic acids is 1. The van der Waals surface area contributed by atoms with Gasteiger partial charge < -0.3 is 10.0 Å². The average Bonchev–Trinajstić information content (AvgIpc) is 2.33. The molecule has 17 heavy (non-hydrogen) atoms. The zero-order valence-corrected chi connectivity index (χ0v) is 10.0. The lowest BCUT2D eigenvalue weighted by atomic mass is 10.2. The van der Waals surface area contributed by atoms with E-state index in [2.05, 4.69) is 0 Å². The fourth-order valence-corrected chi connectivity index (χ4v) is 2.89. The molecular weight excluding hydrogens is 238 g/mol. The molecule has 5 heteroatoms. The summed E-state index contributed by atoms with van der Waals surface area (Å²) in [5.74, 6) is -0.226. The first-order valence-electron chi connectivity index (χ1n) is 5.33. The van der Waals surface area contributed by atoms with E-state index in [0.29, 0.717) is 6.42 Å². The van der Waals surface area contributed by atoms with E-state index in [1.54, 1.807) is 11.8 Å². The van der Waals surface area contributed by atoms with Crippen molar-refractivity contribution in [3.63, 3.8) is 0 Å². The van der Waals surface area contributed by atoms with Crippen LogP contribution in [0.2, 0.25) is 0 Å². The summed E-state index contributed by atoms with van der Waals surface area (Å²) in [6.07, 6.45) is 0.449. The van der Waals surface area contributed by atoms with Crippen LogP contribution in [-0.2, 0) is 15.3 Å². The van der Waals surface area contributed by atoms with Gasteiger partial charge in [-0.3, -0.25) is 9.59 Å². The van der Waals surface area contributed by atoms with Crippen LogP contribution >= 0.6 is 11.8 Å². The summed E-state index contributed by atoms with van der Waals surface area (Å²) in [5.41, 5.74) is 1.19. The summed E-state index contributed by atoms with van der Waals surface area (Å²) in [6, 6.07) is 9.94. The van der Waals surface area contributed by atoms with Crippen molar-refractivity contribution in [2.24, 2.45) is 0 Å². The van der Waals surface area contributed by atoms with Crippen molar-refractivity contribution >= 4 is 23.6 Å². The maximum absolute atomic E-state index is 11.2. The molecule has 0 aromatic heterocycles. The molecule has 0 saturated carbocycles. The third kappa shape index (κ3) is 3.00. The number of benzene rings is 1. The van der Waals surface area contributed by atoms with E-state index in [1.807, 2.05) is 30.3 Å². The number of carbonyl (C=O) groups is 2. The van der Waals surface area contributed by atoms with E-state index in [9.17, 15) is 9.59 Å². The summed E-state index contributed by atoms with van der Waals surface area (Å²) in [4.78, 5) is 23.2. The van der Waals surface area contributed by atoms with Crippen LogP contribution in [0.4, 0.5) is 0 Å². The summed E-state index contributed by atoms with van der Waals surface area (Å²) in [6.45, 7) is -0.189. The van der Waals surface area contributed by atoms with Crippen LogP contribution < -0.4 is 0 Å². The third-order valence-corrected chi connectivity index (χ3v) is 3.91. The third-order valence-electron chi connectivity index (χ3n) is 2.61. The Kier molecular flexibility index (Phi) is 3.68. The molecule has 0 spiro atoms. The van der Waals surface area contributed by atoms with Gasteiger partial charge in [-0.25, -0.2) is 0 Å². The van der Waals surface area contributed by atoms with E-state index < -0.39 is 5.97 Å². The molecule has 4 nitrogen and oxygen atoms in total. The van der Waals surface area contributed by atoms with Crippen molar-refractivity contribution in [2.75, 3.05) is 6.54 Å². The van der Waals surface area contributed by atoms with Gasteiger partial charge in [0.05, 0.1) is 11.8 Å². The molecule has 1 N–H and O–H groups in total. The van der Waals surface area contributed by atoms with Gasteiger partial charge in [0.2, 0.25) is 5.91 Å². The molecule has 2 rings (SSSR count). The number of likely N-dealkylation sites (tertiary alicyclic amines) is 1. The molecule has 1 aromatic carbocycles. The van der Waals surface area contributed by atoms with Gasteiger partial charge in [-0.1, -0.05) is 30.3 Å². The minimum atomic E-state index is -0.955. The van der Waals surface area contributed by atoms with Crippen molar-refractivity contribution in [2.45, 2.75) is 17.5 Å². The lowest BCUT2D eigenvalue weighted by Crippen LogP contribution is -2.52. The number of β-lactam (4-membered cyclic amide) rings is 1. The monoisotopic (exact) mass is 251 g/mol. The summed E-state index contributed by atoms with van der Waals surface area (Å²) >= 11 is 1.61. The van der Waals surface area contributed by atoms with Crippen LogP contribution in [0.1, 0.15) is 12.0 Å². The van der Waals surface area contributed by atoms with Crippen LogP contribution in [0.5, 0.6) is 0 Å². The van der Waals surface area contributed by atoms with Gasteiger partial charge in [0, 0.05) is 5.75 Å². The highest BCUT2D eigenvalue weighted by Gasteiger charge is 2.37. The predicted octanol–water partition coefficient (Wildman–Crippen LogP) is 1.56. The number of amides is 1. The molecule has 1 aliphatic heterocycles. The van der Waals surface area contributed by atoms with Gasteiger partial charge in [0.15, 0.2) is 0 Å². The first kappa shape index (κ1) is 12.0. The second-order valence-corrected chi connectivity index (χ2v) is 5.04. The minimum Gasteiger partial charge on any atom is -0.480 e. The summed E-state index contributed by atoms with van der Waals surface area (Å²) in [5, 5.41) is 8.68. The summed E-state index contributed by atoms with van der Waals surface area (Å²) < 4.78 is 0. The molecule has 1 aromatic rings. The van der Waals surface area contributed by atoms with Gasteiger partial charge >= 0.3 is 5.97 Å². The lowest BCUT2D eigenvalue weighted by molar-refractivity contribution is -0.151. The molecule has 0 aliphatic carbocycles. The van der Waals surface area contributed by atoms with Gasteiger partial charge in [0.25, 0.3) is 0 Å². The molecule has 0 bridgehead atoms. The molecule has 1 saturated heterocycles. The highest BCUT2D eigenvalue weighted by molar-refractivity contribution is 7.99. The largest absolute Gasteiger partial charge is 0.480 e. The molecule has 0 unspecified atom stereocenters. The first-order chi connectivity index (χ1) is 8.16. The minimum absolute atomic E-state index is 0.0128. The highest BCUT2D eigenvalue weighted by atomic mass is 32.2. The smallest absolute Gasteiger partial charge is 0.323 e. The van der Waals surface area contributed by atoms with Crippen molar-refractivity contribution in [1.29, 1.82) is 0 Å². The SMILES string of the molecule is O=C(O)CN1C(=O)C[C@@H]1SCc1ccccc1. The average molecular weight is 251 g/mol. The molecule has 1 heterocycles. The first-order valence-corrected chi connectivity index (χ1v) is 6.38. The Morgan fingerprint density at radius 2 is 2.12 bits per heavy atom. The van der Waals surface area contributed by atoms with E-state index in [0.717, 1.165) is 5.75 Å². The Balaban J connectivity index is 1.84. The Hall–Kier alpha value is -1.49. The Labute approximate surface area is 104 Å². The van der Waals surface area contributed by atoms with Crippen molar-refractivity contribution in [1.82, 2.24) is 4.90 Å².